The van der Waals surface area contributed by atoms with Gasteiger partial charge in [-0.05, 0) is 67.3 Å². The highest BCUT2D eigenvalue weighted by Crippen LogP contribution is 2.36. The van der Waals surface area contributed by atoms with Gasteiger partial charge >= 0.3 is 0 Å². The summed E-state index contributed by atoms with van der Waals surface area (Å²) in [5.74, 6) is 0.978. The number of hydrogen-bond acceptors (Lipinski definition) is 3. The van der Waals surface area contributed by atoms with Gasteiger partial charge in [0.15, 0.2) is 0 Å². The maximum absolute atomic E-state index is 5.91. The molecule has 1 heterocycles. The Bertz CT molecular complexity index is 754. The minimum absolute atomic E-state index is 0.428. The fourth-order valence-electron chi connectivity index (χ4n) is 3.87. The van der Waals surface area contributed by atoms with Crippen molar-refractivity contribution in [1.82, 2.24) is 0 Å². The van der Waals surface area contributed by atoms with Crippen molar-refractivity contribution in [2.45, 2.75) is 58.5 Å². The van der Waals surface area contributed by atoms with E-state index in [1.807, 2.05) is 6.08 Å². The topological polar surface area (TPSA) is 27.7 Å². The van der Waals surface area contributed by atoms with Gasteiger partial charge in [0.2, 0.25) is 0 Å². The van der Waals surface area contributed by atoms with Crippen LogP contribution in [0.5, 0.6) is 5.75 Å². The largest absolute Gasteiger partial charge is 0.494 e. The molecule has 3 rings (SSSR count). The lowest BCUT2D eigenvalue weighted by atomic mass is 9.78. The molecule has 2 aromatic carbocycles. The first-order valence-corrected chi connectivity index (χ1v) is 11.8. The van der Waals surface area contributed by atoms with Crippen LogP contribution >= 0.6 is 0 Å². The fraction of sp³-hybridized carbons (Fsp3) is 0.500. The average Bonchev–Trinajstić information content (AvgIpc) is 2.79. The van der Waals surface area contributed by atoms with E-state index in [-0.39, 0.29) is 0 Å². The molecule has 0 saturated carbocycles. The SMILES string of the molecule is C=Cc1ccc(COCCCCCCOc2ccc(CCC3(CC)COC3)cc2)cc1. The van der Waals surface area contributed by atoms with Crippen LogP contribution in [-0.4, -0.2) is 26.4 Å². The summed E-state index contributed by atoms with van der Waals surface area (Å²) < 4.78 is 17.1. The second-order valence-electron chi connectivity index (χ2n) is 8.75. The second kappa shape index (κ2) is 12.7. The highest BCUT2D eigenvalue weighted by molar-refractivity contribution is 5.47. The number of hydrogen-bond donors (Lipinski definition) is 0. The summed E-state index contributed by atoms with van der Waals surface area (Å²) in [6, 6.07) is 17.0. The Morgan fingerprint density at radius 2 is 1.58 bits per heavy atom. The van der Waals surface area contributed by atoms with E-state index in [1.54, 1.807) is 0 Å². The molecule has 168 valence electrons. The Morgan fingerprint density at radius 1 is 0.903 bits per heavy atom. The lowest BCUT2D eigenvalue weighted by molar-refractivity contribution is -0.119. The third-order valence-electron chi connectivity index (χ3n) is 6.37. The molecule has 1 fully saturated rings. The van der Waals surface area contributed by atoms with Crippen molar-refractivity contribution < 1.29 is 14.2 Å². The first-order valence-electron chi connectivity index (χ1n) is 11.8. The van der Waals surface area contributed by atoms with Crippen LogP contribution < -0.4 is 4.74 Å². The molecule has 0 radical (unpaired) electrons. The predicted octanol–water partition coefficient (Wildman–Crippen LogP) is 6.84. The van der Waals surface area contributed by atoms with Gasteiger partial charge in [0, 0.05) is 12.0 Å². The molecule has 0 amide bonds. The fourth-order valence-corrected chi connectivity index (χ4v) is 3.87. The molecule has 0 atom stereocenters. The van der Waals surface area contributed by atoms with Gasteiger partial charge in [-0.3, -0.25) is 0 Å². The summed E-state index contributed by atoms with van der Waals surface area (Å²) in [5.41, 5.74) is 4.18. The second-order valence-corrected chi connectivity index (χ2v) is 8.75. The number of aryl methyl sites for hydroxylation is 1. The summed E-state index contributed by atoms with van der Waals surface area (Å²) in [6.07, 6.45) is 9.96. The van der Waals surface area contributed by atoms with Crippen LogP contribution in [0.1, 0.15) is 62.1 Å². The number of rotatable bonds is 15. The van der Waals surface area contributed by atoms with Crippen LogP contribution in [0.25, 0.3) is 6.08 Å². The molecule has 0 unspecified atom stereocenters. The van der Waals surface area contributed by atoms with Gasteiger partial charge in [-0.1, -0.05) is 62.4 Å². The third-order valence-corrected chi connectivity index (χ3v) is 6.37. The zero-order valence-corrected chi connectivity index (χ0v) is 19.1. The van der Waals surface area contributed by atoms with Gasteiger partial charge < -0.3 is 14.2 Å². The van der Waals surface area contributed by atoms with Crippen molar-refractivity contribution in [2.75, 3.05) is 26.4 Å². The van der Waals surface area contributed by atoms with E-state index in [1.165, 1.54) is 36.8 Å². The van der Waals surface area contributed by atoms with Gasteiger partial charge in [-0.2, -0.15) is 0 Å². The summed E-state index contributed by atoms with van der Waals surface area (Å²) >= 11 is 0. The number of ether oxygens (including phenoxy) is 3. The van der Waals surface area contributed by atoms with Crippen molar-refractivity contribution in [3.05, 3.63) is 71.8 Å². The van der Waals surface area contributed by atoms with Crippen molar-refractivity contribution in [1.29, 1.82) is 0 Å². The summed E-state index contributed by atoms with van der Waals surface area (Å²) in [6.45, 7) is 10.2. The molecule has 3 heteroatoms. The van der Waals surface area contributed by atoms with Crippen molar-refractivity contribution >= 4 is 6.08 Å². The molecule has 3 nitrogen and oxygen atoms in total. The minimum Gasteiger partial charge on any atom is -0.494 e. The molecule has 2 aromatic rings. The first-order chi connectivity index (χ1) is 15.2. The Kier molecular flexibility index (Phi) is 9.64. The molecule has 0 N–H and O–H groups in total. The molecular weight excluding hydrogens is 384 g/mol. The smallest absolute Gasteiger partial charge is 0.119 e. The molecule has 1 saturated heterocycles. The van der Waals surface area contributed by atoms with Gasteiger partial charge in [0.05, 0.1) is 26.4 Å². The van der Waals surface area contributed by atoms with E-state index in [0.717, 1.165) is 57.0 Å². The van der Waals surface area contributed by atoms with E-state index < -0.39 is 0 Å². The summed E-state index contributed by atoms with van der Waals surface area (Å²) in [4.78, 5) is 0. The molecule has 1 aliphatic heterocycles. The van der Waals surface area contributed by atoms with Crippen LogP contribution in [0.4, 0.5) is 0 Å². The zero-order chi connectivity index (χ0) is 21.8. The average molecular weight is 423 g/mol. The van der Waals surface area contributed by atoms with Crippen LogP contribution in [0, 0.1) is 5.41 Å². The molecule has 1 aliphatic rings. The van der Waals surface area contributed by atoms with E-state index in [9.17, 15) is 0 Å². The number of unbranched alkanes of at least 4 members (excludes halogenated alkanes) is 3. The quantitative estimate of drug-likeness (QED) is 0.294. The van der Waals surface area contributed by atoms with Crippen molar-refractivity contribution in [2.24, 2.45) is 5.41 Å². The van der Waals surface area contributed by atoms with Gasteiger partial charge in [0.1, 0.15) is 5.75 Å². The monoisotopic (exact) mass is 422 g/mol. The molecule has 31 heavy (non-hydrogen) atoms. The Hall–Kier alpha value is -2.10. The molecular formula is C28H38O3. The van der Waals surface area contributed by atoms with Gasteiger partial charge in [-0.25, -0.2) is 0 Å². The zero-order valence-electron chi connectivity index (χ0n) is 19.1. The molecule has 0 bridgehead atoms. The lowest BCUT2D eigenvalue weighted by Gasteiger charge is -2.41. The molecule has 0 aliphatic carbocycles. The van der Waals surface area contributed by atoms with E-state index in [4.69, 9.17) is 14.2 Å². The van der Waals surface area contributed by atoms with Crippen LogP contribution in [0.2, 0.25) is 0 Å². The van der Waals surface area contributed by atoms with E-state index >= 15 is 0 Å². The minimum atomic E-state index is 0.428. The Labute approximate surface area is 188 Å². The maximum atomic E-state index is 5.91. The standard InChI is InChI=1S/C28H38O3/c1-3-24-9-11-26(12-10-24)21-29-19-7-5-6-8-20-31-27-15-13-25(14-16-27)17-18-28(4-2)22-30-23-28/h3,9-16H,1,4-8,17-23H2,2H3. The Balaban J connectivity index is 1.19. The van der Waals surface area contributed by atoms with Crippen molar-refractivity contribution in [3.63, 3.8) is 0 Å². The maximum Gasteiger partial charge on any atom is 0.119 e. The third kappa shape index (κ3) is 7.83. The van der Waals surface area contributed by atoms with E-state index in [2.05, 4.69) is 62.0 Å². The first kappa shape index (κ1) is 23.6. The molecule has 0 spiro atoms. The predicted molar refractivity (Wildman–Crippen MR) is 128 cm³/mol. The van der Waals surface area contributed by atoms with E-state index in [0.29, 0.717) is 12.0 Å². The Morgan fingerprint density at radius 3 is 2.19 bits per heavy atom. The van der Waals surface area contributed by atoms with Gasteiger partial charge in [-0.15, -0.1) is 0 Å². The summed E-state index contributed by atoms with van der Waals surface area (Å²) in [5, 5.41) is 0. The van der Waals surface area contributed by atoms with Crippen LogP contribution in [0.3, 0.4) is 0 Å². The number of benzene rings is 2. The highest BCUT2D eigenvalue weighted by atomic mass is 16.5. The molecule has 0 aromatic heterocycles. The van der Waals surface area contributed by atoms with Gasteiger partial charge in [0.25, 0.3) is 0 Å². The van der Waals surface area contributed by atoms with Crippen molar-refractivity contribution in [3.8, 4) is 5.75 Å². The van der Waals surface area contributed by atoms with Crippen LogP contribution in [-0.2, 0) is 22.5 Å². The van der Waals surface area contributed by atoms with Crippen LogP contribution in [0.15, 0.2) is 55.1 Å². The summed E-state index contributed by atoms with van der Waals surface area (Å²) in [7, 11) is 0. The normalized spacial score (nSPS) is 14.7. The lowest BCUT2D eigenvalue weighted by Crippen LogP contribution is -2.42. The highest BCUT2D eigenvalue weighted by Gasteiger charge is 2.35.